The van der Waals surface area contributed by atoms with Crippen LogP contribution in [-0.4, -0.2) is 17.3 Å². The second-order valence-corrected chi connectivity index (χ2v) is 11.9. The summed E-state index contributed by atoms with van der Waals surface area (Å²) >= 11 is 3.04. The molecule has 1 N–H and O–H groups in total. The van der Waals surface area contributed by atoms with Crippen molar-refractivity contribution in [1.29, 1.82) is 5.41 Å². The van der Waals surface area contributed by atoms with Gasteiger partial charge in [-0.25, -0.2) is 0 Å². The third-order valence-corrected chi connectivity index (χ3v) is 9.45. The van der Waals surface area contributed by atoms with Gasteiger partial charge in [-0.15, -0.1) is 11.3 Å². The molecular weight excluding hydrogens is 470 g/mol. The van der Waals surface area contributed by atoms with Crippen LogP contribution >= 0.6 is 22.7 Å². The van der Waals surface area contributed by atoms with Crippen molar-refractivity contribution in [2.24, 2.45) is 11.8 Å². The number of allylic oxidation sites excluding steroid dienone is 12. The standard InChI is InChI=1S/C30H25NO2S2/c1-30(2)25-14-20(13-22-26(32)23-15-34-16-24(23)27(22)33)35-28(25)21(29(30)31)11-10-17-6-5-9-18-7-3-4-8-19(18)12-17/h3-11,14-16,19,22,31H,12-13H2,1-2H3/b17-10-,21-11-,31-29?. The van der Waals surface area contributed by atoms with Crippen molar-refractivity contribution in [1.82, 2.24) is 0 Å². The van der Waals surface area contributed by atoms with E-state index in [-0.39, 0.29) is 11.6 Å². The van der Waals surface area contributed by atoms with Crippen molar-refractivity contribution in [2.45, 2.75) is 32.1 Å². The monoisotopic (exact) mass is 495 g/mol. The molecule has 0 radical (unpaired) electrons. The molecule has 35 heavy (non-hydrogen) atoms. The van der Waals surface area contributed by atoms with Crippen LogP contribution in [0.2, 0.25) is 0 Å². The zero-order chi connectivity index (χ0) is 24.3. The normalized spacial score (nSPS) is 24.8. The zero-order valence-corrected chi connectivity index (χ0v) is 21.3. The van der Waals surface area contributed by atoms with Gasteiger partial charge in [0.1, 0.15) is 0 Å². The summed E-state index contributed by atoms with van der Waals surface area (Å²) in [5, 5.41) is 12.5. The number of ketones is 2. The Labute approximate surface area is 213 Å². The molecule has 4 aliphatic carbocycles. The van der Waals surface area contributed by atoms with E-state index in [9.17, 15) is 9.59 Å². The van der Waals surface area contributed by atoms with Gasteiger partial charge in [0.15, 0.2) is 11.6 Å². The van der Waals surface area contributed by atoms with Crippen LogP contribution in [0.3, 0.4) is 0 Å². The predicted molar refractivity (Wildman–Crippen MR) is 145 cm³/mol. The Hall–Kier alpha value is -3.15. The third kappa shape index (κ3) is 3.57. The number of thiophene rings is 2. The van der Waals surface area contributed by atoms with E-state index in [1.54, 1.807) is 22.1 Å². The summed E-state index contributed by atoms with van der Waals surface area (Å²) in [6.45, 7) is 4.17. The molecule has 0 aliphatic heterocycles. The Bertz CT molecular complexity index is 1450. The average molecular weight is 496 g/mol. The van der Waals surface area contributed by atoms with Gasteiger partial charge < -0.3 is 5.41 Å². The van der Waals surface area contributed by atoms with Gasteiger partial charge in [0.2, 0.25) is 0 Å². The maximum Gasteiger partial charge on any atom is 0.175 e. The summed E-state index contributed by atoms with van der Waals surface area (Å²) in [6, 6.07) is 2.12. The first-order valence-electron chi connectivity index (χ1n) is 11.9. The largest absolute Gasteiger partial charge is 0.304 e. The first-order chi connectivity index (χ1) is 16.8. The van der Waals surface area contributed by atoms with E-state index in [0.717, 1.165) is 27.3 Å². The van der Waals surface area contributed by atoms with Crippen molar-refractivity contribution >= 4 is 45.5 Å². The molecule has 5 heteroatoms. The molecule has 6 rings (SSSR count). The molecule has 4 aliphatic rings. The highest BCUT2D eigenvalue weighted by Gasteiger charge is 2.43. The summed E-state index contributed by atoms with van der Waals surface area (Å²) in [5.41, 5.74) is 6.01. The lowest BCUT2D eigenvalue weighted by molar-refractivity contribution is 0.0839. The van der Waals surface area contributed by atoms with Crippen molar-refractivity contribution in [3.8, 4) is 0 Å². The summed E-state index contributed by atoms with van der Waals surface area (Å²) in [6.07, 6.45) is 20.6. The Kier molecular flexibility index (Phi) is 5.24. The number of hydrogen-bond donors (Lipinski definition) is 1. The van der Waals surface area contributed by atoms with Crippen LogP contribution in [0.5, 0.6) is 0 Å². The number of rotatable bonds is 3. The topological polar surface area (TPSA) is 58.0 Å². The lowest BCUT2D eigenvalue weighted by Crippen LogP contribution is -2.23. The Morgan fingerprint density at radius 2 is 1.83 bits per heavy atom. The smallest absolute Gasteiger partial charge is 0.175 e. The zero-order valence-electron chi connectivity index (χ0n) is 19.6. The van der Waals surface area contributed by atoms with Gasteiger partial charge in [-0.2, -0.15) is 11.3 Å². The third-order valence-electron chi connectivity index (χ3n) is 7.52. The summed E-state index contributed by atoms with van der Waals surface area (Å²) in [7, 11) is 0. The van der Waals surface area contributed by atoms with E-state index in [4.69, 9.17) is 5.41 Å². The van der Waals surface area contributed by atoms with Crippen molar-refractivity contribution in [2.75, 3.05) is 0 Å². The summed E-state index contributed by atoms with van der Waals surface area (Å²) < 4.78 is 0. The number of carbonyl (C=O) groups excluding carboxylic acids is 2. The van der Waals surface area contributed by atoms with Gasteiger partial charge in [-0.1, -0.05) is 68.5 Å². The van der Waals surface area contributed by atoms with Crippen LogP contribution in [0, 0.1) is 17.2 Å². The molecule has 0 amide bonds. The minimum Gasteiger partial charge on any atom is -0.304 e. The second-order valence-electron chi connectivity index (χ2n) is 10.0. The first kappa shape index (κ1) is 22.3. The van der Waals surface area contributed by atoms with Gasteiger partial charge >= 0.3 is 0 Å². The van der Waals surface area contributed by atoms with E-state index >= 15 is 0 Å². The lowest BCUT2D eigenvalue weighted by Gasteiger charge is -2.18. The Morgan fingerprint density at radius 1 is 1.06 bits per heavy atom. The van der Waals surface area contributed by atoms with Crippen LogP contribution in [-0.2, 0) is 11.8 Å². The fourth-order valence-corrected chi connectivity index (χ4v) is 7.61. The fraction of sp³-hybridized carbons (Fsp3) is 0.233. The number of fused-ring (bicyclic) bond motifs is 3. The van der Waals surface area contributed by atoms with Crippen LogP contribution in [0.25, 0.3) is 5.57 Å². The van der Waals surface area contributed by atoms with E-state index in [0.29, 0.717) is 29.2 Å². The van der Waals surface area contributed by atoms with E-state index in [2.05, 4.69) is 74.6 Å². The molecule has 0 saturated heterocycles. The fourth-order valence-electron chi connectivity index (χ4n) is 5.39. The summed E-state index contributed by atoms with van der Waals surface area (Å²) in [4.78, 5) is 27.8. The SMILES string of the molecule is CC1(C)C(=N)/C(=C\C=C2\C=CC=C3C=CC=CC3C2)c2sc(CC3C(=O)c4cscc4C3=O)cc21. The van der Waals surface area contributed by atoms with Crippen LogP contribution in [0.4, 0.5) is 0 Å². The number of carbonyl (C=O) groups is 2. The second kappa shape index (κ2) is 8.21. The molecule has 2 aromatic rings. The minimum absolute atomic E-state index is 0.0490. The van der Waals surface area contributed by atoms with Crippen LogP contribution in [0.1, 0.15) is 56.3 Å². The number of Topliss-reactive ketones (excluding diaryl/α,β-unsaturated/α-hetero) is 2. The van der Waals surface area contributed by atoms with Gasteiger partial charge in [0, 0.05) is 48.5 Å². The first-order valence-corrected chi connectivity index (χ1v) is 13.6. The maximum atomic E-state index is 12.8. The van der Waals surface area contributed by atoms with Crippen molar-refractivity contribution in [3.05, 3.63) is 109 Å². The molecule has 1 atom stereocenters. The van der Waals surface area contributed by atoms with Gasteiger partial charge in [0.05, 0.1) is 11.6 Å². The van der Waals surface area contributed by atoms with E-state index < -0.39 is 11.3 Å². The predicted octanol–water partition coefficient (Wildman–Crippen LogP) is 7.30. The Balaban J connectivity index is 1.29. The minimum atomic E-state index is -0.611. The van der Waals surface area contributed by atoms with Gasteiger partial charge in [-0.05, 0) is 35.6 Å². The molecule has 2 heterocycles. The molecule has 0 aromatic carbocycles. The van der Waals surface area contributed by atoms with Gasteiger partial charge in [0.25, 0.3) is 0 Å². The number of hydrogen-bond acceptors (Lipinski definition) is 5. The van der Waals surface area contributed by atoms with Crippen molar-refractivity contribution < 1.29 is 9.59 Å². The molecule has 0 fully saturated rings. The highest BCUT2D eigenvalue weighted by molar-refractivity contribution is 7.14. The average Bonchev–Trinajstić information content (AvgIpc) is 3.53. The molecule has 3 nitrogen and oxygen atoms in total. The molecule has 1 unspecified atom stereocenters. The van der Waals surface area contributed by atoms with Crippen molar-refractivity contribution in [3.63, 3.8) is 0 Å². The molecule has 2 aromatic heterocycles. The Morgan fingerprint density at radius 3 is 2.60 bits per heavy atom. The molecular formula is C30H25NO2S2. The summed E-state index contributed by atoms with van der Waals surface area (Å²) in [5.74, 6) is -0.327. The maximum absolute atomic E-state index is 12.8. The van der Waals surface area contributed by atoms with Gasteiger partial charge in [-0.3, -0.25) is 9.59 Å². The number of nitrogens with one attached hydrogen (secondary N) is 1. The highest BCUT2D eigenvalue weighted by Crippen LogP contribution is 2.48. The molecule has 0 saturated carbocycles. The molecule has 0 bridgehead atoms. The highest BCUT2D eigenvalue weighted by atomic mass is 32.1. The quantitative estimate of drug-likeness (QED) is 0.454. The molecule has 0 spiro atoms. The van der Waals surface area contributed by atoms with Crippen LogP contribution < -0.4 is 0 Å². The van der Waals surface area contributed by atoms with E-state index in [1.807, 2.05) is 0 Å². The lowest BCUT2D eigenvalue weighted by atomic mass is 9.85. The van der Waals surface area contributed by atoms with Crippen LogP contribution in [0.15, 0.2) is 82.7 Å². The van der Waals surface area contributed by atoms with E-state index in [1.165, 1.54) is 22.5 Å². The molecule has 174 valence electrons.